The molecule has 0 saturated carbocycles. The Morgan fingerprint density at radius 2 is 1.18 bits per heavy atom. The van der Waals surface area contributed by atoms with Crippen molar-refractivity contribution in [3.63, 3.8) is 0 Å². The number of likely N-dealkylation sites (N-methyl/N-ethyl adjacent to an activating group) is 2. The van der Waals surface area contributed by atoms with E-state index in [0.717, 1.165) is 96.1 Å². The number of nitrogens with zero attached hydrogens (tertiary/aromatic N) is 6. The second-order valence-corrected chi connectivity index (χ2v) is 14.8. The molecule has 0 radical (unpaired) electrons. The summed E-state index contributed by atoms with van der Waals surface area (Å²) in [6.45, 7) is 9.32. The molecule has 2 saturated heterocycles. The number of benzene rings is 3. The number of amides is 3. The fourth-order valence-electron chi connectivity index (χ4n) is 8.50. The highest BCUT2D eigenvalue weighted by atomic mass is 16.4. The third kappa shape index (κ3) is 7.70. The number of carbonyl (C=O) groups excluding carboxylic acids is 2. The van der Waals surface area contributed by atoms with Crippen molar-refractivity contribution in [2.45, 2.75) is 77.0 Å². The number of aromatic nitrogens is 4. The van der Waals surface area contributed by atoms with Crippen LogP contribution in [-0.4, -0.2) is 102 Å². The van der Waals surface area contributed by atoms with E-state index in [1.54, 1.807) is 23.2 Å². The van der Waals surface area contributed by atoms with Crippen LogP contribution in [0.5, 0.6) is 0 Å². The fraction of sp³-hybridized carbons (Fsp3) is 0.386. The van der Waals surface area contributed by atoms with E-state index in [2.05, 4.69) is 84.2 Å². The van der Waals surface area contributed by atoms with Crippen LogP contribution in [-0.2, 0) is 9.59 Å². The van der Waals surface area contributed by atoms with Gasteiger partial charge in [-0.15, -0.1) is 0 Å². The predicted molar refractivity (Wildman–Crippen MR) is 216 cm³/mol. The molecule has 292 valence electrons. The zero-order valence-corrected chi connectivity index (χ0v) is 32.7. The molecule has 0 bridgehead atoms. The summed E-state index contributed by atoms with van der Waals surface area (Å²) in [7, 11) is 1.44. The summed E-state index contributed by atoms with van der Waals surface area (Å²) < 4.78 is 0. The maximum absolute atomic E-state index is 13.9. The molecule has 12 heteroatoms. The average molecular weight is 757 g/mol. The number of H-pyrrole nitrogens is 2. The van der Waals surface area contributed by atoms with Crippen molar-refractivity contribution in [2.24, 2.45) is 0 Å². The summed E-state index contributed by atoms with van der Waals surface area (Å²) in [5, 5.41) is 9.79. The van der Waals surface area contributed by atoms with Gasteiger partial charge >= 0.3 is 6.09 Å². The zero-order chi connectivity index (χ0) is 39.3. The Balaban J connectivity index is 1.02. The lowest BCUT2D eigenvalue weighted by atomic mass is 10.0. The standard InChI is InChI=1S/C44H52N8O4/c1-5-36(50(6-2)7-3)42(53)51-25-11-15-37(51)40-45-27-34(47-40)31-21-17-29(18-22-31)30-19-23-32(24-20-30)35-28-46-41(48-35)38-16-12-26-52(38)43(54)39(49(4)44(55)56)33-13-9-8-10-14-33/h8-10,13-14,17-24,27-28,36-39H,5-7,11-12,15-16,25-26H2,1-4H3,(H,45,47)(H,46,48)(H,55,56)/t36-,37+,38+,39-/m1/s1. The van der Waals surface area contributed by atoms with Crippen LogP contribution in [0.15, 0.2) is 91.3 Å². The molecule has 2 aromatic heterocycles. The van der Waals surface area contributed by atoms with Crippen LogP contribution in [0, 0.1) is 0 Å². The van der Waals surface area contributed by atoms with Crippen molar-refractivity contribution < 1.29 is 19.5 Å². The summed E-state index contributed by atoms with van der Waals surface area (Å²) in [6, 6.07) is 24.4. The van der Waals surface area contributed by atoms with Crippen LogP contribution in [0.2, 0.25) is 0 Å². The number of carboxylic acid groups (broad SMARTS) is 1. The molecule has 0 unspecified atom stereocenters. The number of rotatable bonds is 13. The molecule has 5 aromatic rings. The van der Waals surface area contributed by atoms with Gasteiger partial charge in [0, 0.05) is 20.1 Å². The Hall–Kier alpha value is -5.75. The predicted octanol–water partition coefficient (Wildman–Crippen LogP) is 7.93. The Morgan fingerprint density at radius 3 is 1.62 bits per heavy atom. The van der Waals surface area contributed by atoms with Gasteiger partial charge in [-0.25, -0.2) is 14.8 Å². The fourth-order valence-corrected chi connectivity index (χ4v) is 8.50. The molecule has 3 N–H and O–H groups in total. The van der Waals surface area contributed by atoms with E-state index in [9.17, 15) is 19.5 Å². The average Bonchev–Trinajstić information content (AvgIpc) is 4.07. The van der Waals surface area contributed by atoms with Gasteiger partial charge in [0.2, 0.25) is 5.91 Å². The van der Waals surface area contributed by atoms with Gasteiger partial charge in [0.05, 0.1) is 41.9 Å². The highest BCUT2D eigenvalue weighted by molar-refractivity contribution is 5.87. The van der Waals surface area contributed by atoms with Crippen molar-refractivity contribution >= 4 is 17.9 Å². The van der Waals surface area contributed by atoms with Gasteiger partial charge in [0.1, 0.15) is 17.7 Å². The van der Waals surface area contributed by atoms with Gasteiger partial charge in [-0.05, 0) is 73.0 Å². The molecule has 56 heavy (non-hydrogen) atoms. The smallest absolute Gasteiger partial charge is 0.407 e. The molecule has 2 aliphatic rings. The second kappa shape index (κ2) is 16.9. The summed E-state index contributed by atoms with van der Waals surface area (Å²) in [4.78, 5) is 63.1. The maximum Gasteiger partial charge on any atom is 0.407 e. The minimum Gasteiger partial charge on any atom is -0.465 e. The Morgan fingerprint density at radius 1 is 0.714 bits per heavy atom. The molecule has 4 heterocycles. The topological polar surface area (TPSA) is 142 Å². The first-order valence-electron chi connectivity index (χ1n) is 19.9. The maximum atomic E-state index is 13.9. The van der Waals surface area contributed by atoms with Crippen LogP contribution in [0.3, 0.4) is 0 Å². The van der Waals surface area contributed by atoms with E-state index >= 15 is 0 Å². The first-order valence-corrected chi connectivity index (χ1v) is 19.9. The lowest BCUT2D eigenvalue weighted by Gasteiger charge is -2.33. The van der Waals surface area contributed by atoms with Crippen LogP contribution in [0.1, 0.15) is 88.2 Å². The molecule has 0 spiro atoms. The lowest BCUT2D eigenvalue weighted by molar-refractivity contribution is -0.138. The highest BCUT2D eigenvalue weighted by Gasteiger charge is 2.39. The van der Waals surface area contributed by atoms with E-state index in [0.29, 0.717) is 17.9 Å². The zero-order valence-electron chi connectivity index (χ0n) is 32.7. The molecular formula is C44H52N8O4. The number of carbonyl (C=O) groups is 3. The van der Waals surface area contributed by atoms with Crippen molar-refractivity contribution in [2.75, 3.05) is 33.2 Å². The minimum absolute atomic E-state index is 0.0398. The second-order valence-electron chi connectivity index (χ2n) is 14.8. The van der Waals surface area contributed by atoms with E-state index in [1.165, 1.54) is 7.05 Å². The molecule has 7 rings (SSSR count). The normalized spacial score (nSPS) is 18.0. The number of hydrogen-bond donors (Lipinski definition) is 3. The van der Waals surface area contributed by atoms with Crippen LogP contribution in [0.25, 0.3) is 33.6 Å². The summed E-state index contributed by atoms with van der Waals surface area (Å²) in [5.74, 6) is 1.48. The summed E-state index contributed by atoms with van der Waals surface area (Å²) >= 11 is 0. The van der Waals surface area contributed by atoms with Crippen molar-refractivity contribution in [1.29, 1.82) is 0 Å². The Bertz CT molecular complexity index is 2110. The highest BCUT2D eigenvalue weighted by Crippen LogP contribution is 2.36. The molecule has 2 aliphatic heterocycles. The van der Waals surface area contributed by atoms with Gasteiger partial charge in [-0.2, -0.15) is 0 Å². The van der Waals surface area contributed by atoms with E-state index in [1.807, 2.05) is 29.3 Å². The van der Waals surface area contributed by atoms with Gasteiger partial charge in [-0.3, -0.25) is 19.4 Å². The summed E-state index contributed by atoms with van der Waals surface area (Å²) in [5.41, 5.74) is 6.57. The van der Waals surface area contributed by atoms with Crippen molar-refractivity contribution in [1.82, 2.24) is 39.5 Å². The SMILES string of the molecule is CC[C@H](C(=O)N1CCC[C@H]1c1ncc(-c2ccc(-c3ccc(-c4cnc([C@@H]5CCCN5C(=O)[C@@H](c5ccccc5)N(C)C(=O)O)[nH]4)cc3)cc2)[nH]1)N(CC)CC. The molecule has 3 aromatic carbocycles. The third-order valence-corrected chi connectivity index (χ3v) is 11.6. The first-order chi connectivity index (χ1) is 27.2. The largest absolute Gasteiger partial charge is 0.465 e. The first kappa shape index (κ1) is 38.5. The van der Waals surface area contributed by atoms with Crippen molar-refractivity contribution in [3.8, 4) is 33.6 Å². The summed E-state index contributed by atoms with van der Waals surface area (Å²) in [6.07, 6.45) is 6.72. The van der Waals surface area contributed by atoms with Gasteiger partial charge < -0.3 is 24.9 Å². The monoisotopic (exact) mass is 756 g/mol. The van der Waals surface area contributed by atoms with E-state index in [4.69, 9.17) is 9.97 Å². The molecule has 2 fully saturated rings. The van der Waals surface area contributed by atoms with Gasteiger partial charge in [0.15, 0.2) is 0 Å². The lowest BCUT2D eigenvalue weighted by Crippen LogP contribution is -2.48. The van der Waals surface area contributed by atoms with Crippen molar-refractivity contribution in [3.05, 3.63) is 108 Å². The Kier molecular flexibility index (Phi) is 11.7. The molecule has 3 amide bonds. The number of aromatic amines is 2. The number of nitrogens with one attached hydrogen (secondary N) is 2. The molecular weight excluding hydrogens is 705 g/mol. The van der Waals surface area contributed by atoms with E-state index < -0.39 is 12.1 Å². The number of likely N-dealkylation sites (tertiary alicyclic amines) is 2. The number of hydrogen-bond acceptors (Lipinski definition) is 6. The van der Waals surface area contributed by atoms with E-state index in [-0.39, 0.29) is 29.9 Å². The Labute approximate surface area is 328 Å². The molecule has 0 aliphatic carbocycles. The van der Waals surface area contributed by atoms with Gasteiger partial charge in [0.25, 0.3) is 5.91 Å². The van der Waals surface area contributed by atoms with Crippen LogP contribution < -0.4 is 0 Å². The molecule has 4 atom stereocenters. The van der Waals surface area contributed by atoms with Crippen LogP contribution >= 0.6 is 0 Å². The third-order valence-electron chi connectivity index (χ3n) is 11.6. The number of imidazole rings is 2. The van der Waals surface area contributed by atoms with Crippen LogP contribution in [0.4, 0.5) is 4.79 Å². The van der Waals surface area contributed by atoms with Gasteiger partial charge in [-0.1, -0.05) is 99.6 Å². The quantitative estimate of drug-likeness (QED) is 0.111. The minimum atomic E-state index is -1.16. The molecule has 12 nitrogen and oxygen atoms in total.